The van der Waals surface area contributed by atoms with E-state index in [9.17, 15) is 4.79 Å². The first kappa shape index (κ1) is 15.1. The summed E-state index contributed by atoms with van der Waals surface area (Å²) < 4.78 is 7.35. The zero-order valence-electron chi connectivity index (χ0n) is 13.3. The molecule has 8 heteroatoms. The van der Waals surface area contributed by atoms with Crippen LogP contribution in [0.4, 0.5) is 11.5 Å². The van der Waals surface area contributed by atoms with E-state index in [0.29, 0.717) is 34.0 Å². The number of imidazole rings is 1. The van der Waals surface area contributed by atoms with E-state index >= 15 is 0 Å². The molecule has 4 N–H and O–H groups in total. The van der Waals surface area contributed by atoms with Crippen LogP contribution >= 0.6 is 0 Å². The Balaban J connectivity index is 1.69. The first-order valence-corrected chi connectivity index (χ1v) is 7.86. The van der Waals surface area contributed by atoms with Crippen LogP contribution in [0.25, 0.3) is 5.65 Å². The second-order valence-corrected chi connectivity index (χ2v) is 5.83. The molecule has 126 valence electrons. The van der Waals surface area contributed by atoms with E-state index in [2.05, 4.69) is 15.4 Å². The molecule has 0 bridgehead atoms. The molecule has 0 saturated heterocycles. The average Bonchev–Trinajstić information content (AvgIpc) is 3.34. The molecule has 0 spiro atoms. The van der Waals surface area contributed by atoms with Gasteiger partial charge in [-0.1, -0.05) is 0 Å². The Labute approximate surface area is 143 Å². The summed E-state index contributed by atoms with van der Waals surface area (Å²) in [6.07, 6.45) is 6.31. The molecule has 25 heavy (non-hydrogen) atoms. The molecule has 0 unspecified atom stereocenters. The minimum absolute atomic E-state index is 0.120. The monoisotopic (exact) mass is 336 g/mol. The highest BCUT2D eigenvalue weighted by molar-refractivity contribution is 6.07. The van der Waals surface area contributed by atoms with Crippen molar-refractivity contribution in [2.75, 3.05) is 11.1 Å². The van der Waals surface area contributed by atoms with Gasteiger partial charge in [0, 0.05) is 29.7 Å². The summed E-state index contributed by atoms with van der Waals surface area (Å²) in [6.45, 7) is 0. The lowest BCUT2D eigenvalue weighted by Gasteiger charge is -2.13. The number of nitrogens with two attached hydrogens (primary N) is 1. The molecule has 0 atom stereocenters. The second kappa shape index (κ2) is 5.90. The molecule has 1 aliphatic rings. The van der Waals surface area contributed by atoms with Crippen LogP contribution in [-0.4, -0.2) is 32.8 Å². The quantitative estimate of drug-likeness (QED) is 0.487. The number of nitrogens with one attached hydrogen (secondary N) is 2. The molecular formula is C17H16N6O2. The van der Waals surface area contributed by atoms with Crippen molar-refractivity contribution in [2.24, 2.45) is 0 Å². The summed E-state index contributed by atoms with van der Waals surface area (Å²) in [5, 5.41) is 14.4. The van der Waals surface area contributed by atoms with Crippen molar-refractivity contribution in [3.05, 3.63) is 47.8 Å². The molecule has 0 radical (unpaired) electrons. The Morgan fingerprint density at radius 2 is 2.28 bits per heavy atom. The molecule has 0 aliphatic heterocycles. The van der Waals surface area contributed by atoms with E-state index < -0.39 is 0 Å². The predicted molar refractivity (Wildman–Crippen MR) is 93.3 cm³/mol. The number of aromatic nitrogens is 3. The molecule has 2 heterocycles. The lowest BCUT2D eigenvalue weighted by molar-refractivity contribution is 0.102. The van der Waals surface area contributed by atoms with Gasteiger partial charge in [0.05, 0.1) is 17.9 Å². The number of carbonyl (C=O) groups is 1. The van der Waals surface area contributed by atoms with Crippen molar-refractivity contribution >= 4 is 29.3 Å². The third-order valence-corrected chi connectivity index (χ3v) is 3.92. The molecule has 1 saturated carbocycles. The van der Waals surface area contributed by atoms with E-state index in [-0.39, 0.29) is 12.0 Å². The highest BCUT2D eigenvalue weighted by atomic mass is 16.5. The third kappa shape index (κ3) is 2.89. The molecule has 1 aromatic carbocycles. The van der Waals surface area contributed by atoms with Gasteiger partial charge in [0.15, 0.2) is 11.5 Å². The van der Waals surface area contributed by atoms with Crippen molar-refractivity contribution in [2.45, 2.75) is 18.9 Å². The van der Waals surface area contributed by atoms with Gasteiger partial charge in [0.1, 0.15) is 5.75 Å². The summed E-state index contributed by atoms with van der Waals surface area (Å²) in [5.41, 5.74) is 7.74. The maximum absolute atomic E-state index is 12.8. The van der Waals surface area contributed by atoms with Crippen molar-refractivity contribution in [1.29, 1.82) is 5.41 Å². The third-order valence-electron chi connectivity index (χ3n) is 3.92. The van der Waals surface area contributed by atoms with E-state index in [0.717, 1.165) is 19.1 Å². The number of nitrogens with zero attached hydrogens (tertiary/aromatic N) is 3. The smallest absolute Gasteiger partial charge is 0.260 e. The van der Waals surface area contributed by atoms with Gasteiger partial charge in [-0.3, -0.25) is 4.79 Å². The number of fused-ring (bicyclic) bond motifs is 1. The highest BCUT2D eigenvalue weighted by Crippen LogP contribution is 2.32. The molecular weight excluding hydrogens is 320 g/mol. The van der Waals surface area contributed by atoms with Crippen molar-refractivity contribution in [3.63, 3.8) is 0 Å². The Bertz CT molecular complexity index is 976. The SMILES string of the molecule is N=Cc1cc(C(=O)Nc2cnc3cccnn23)c(OC2CC2)cc1N. The van der Waals surface area contributed by atoms with Crippen LogP contribution in [0.15, 0.2) is 36.7 Å². The lowest BCUT2D eigenvalue weighted by Crippen LogP contribution is -2.16. The summed E-state index contributed by atoms with van der Waals surface area (Å²) in [4.78, 5) is 17.0. The number of nitrogen functional groups attached to an aromatic ring is 1. The van der Waals surface area contributed by atoms with Crippen LogP contribution in [0, 0.1) is 5.41 Å². The number of benzene rings is 1. The molecule has 8 nitrogen and oxygen atoms in total. The minimum Gasteiger partial charge on any atom is -0.490 e. The van der Waals surface area contributed by atoms with E-state index in [4.69, 9.17) is 15.9 Å². The van der Waals surface area contributed by atoms with Crippen LogP contribution in [0.1, 0.15) is 28.8 Å². The fourth-order valence-corrected chi connectivity index (χ4v) is 2.48. The fourth-order valence-electron chi connectivity index (χ4n) is 2.48. The van der Waals surface area contributed by atoms with Crippen molar-refractivity contribution in [1.82, 2.24) is 14.6 Å². The number of rotatable bonds is 5. The summed E-state index contributed by atoms with van der Waals surface area (Å²) in [5.74, 6) is 0.502. The van der Waals surface area contributed by atoms with Gasteiger partial charge in [0.2, 0.25) is 0 Å². The fraction of sp³-hybridized carbons (Fsp3) is 0.176. The largest absolute Gasteiger partial charge is 0.490 e. The number of ether oxygens (including phenoxy) is 1. The van der Waals surface area contributed by atoms with Gasteiger partial charge in [-0.05, 0) is 31.0 Å². The Hall–Kier alpha value is -3.42. The minimum atomic E-state index is -0.369. The van der Waals surface area contributed by atoms with E-state index in [1.165, 1.54) is 10.7 Å². The van der Waals surface area contributed by atoms with Crippen LogP contribution in [0.5, 0.6) is 5.75 Å². The van der Waals surface area contributed by atoms with Gasteiger partial charge < -0.3 is 21.2 Å². The normalized spacial score (nSPS) is 13.6. The Morgan fingerprint density at radius 3 is 3.04 bits per heavy atom. The standard InChI is InChI=1S/C17H16N6O2/c18-8-10-6-12(14(7-13(10)19)25-11-3-4-11)17(24)22-16-9-20-15-2-1-5-21-23(15)16/h1-2,5-9,11,18H,3-4,19H2,(H,22,24). The first-order chi connectivity index (χ1) is 12.2. The lowest BCUT2D eigenvalue weighted by atomic mass is 10.1. The van der Waals surface area contributed by atoms with Gasteiger partial charge in [-0.25, -0.2) is 4.98 Å². The summed E-state index contributed by atoms with van der Waals surface area (Å²) in [7, 11) is 0. The second-order valence-electron chi connectivity index (χ2n) is 5.83. The molecule has 1 aliphatic carbocycles. The van der Waals surface area contributed by atoms with Crippen LogP contribution in [0.2, 0.25) is 0 Å². The number of carbonyl (C=O) groups excluding carboxylic acids is 1. The maximum atomic E-state index is 12.8. The van der Waals surface area contributed by atoms with Crippen LogP contribution in [0.3, 0.4) is 0 Å². The Morgan fingerprint density at radius 1 is 1.44 bits per heavy atom. The van der Waals surface area contributed by atoms with Crippen molar-refractivity contribution in [3.8, 4) is 5.75 Å². The van der Waals surface area contributed by atoms with E-state index in [1.54, 1.807) is 30.5 Å². The van der Waals surface area contributed by atoms with Gasteiger partial charge >= 0.3 is 0 Å². The van der Waals surface area contributed by atoms with Gasteiger partial charge in [-0.15, -0.1) is 0 Å². The van der Waals surface area contributed by atoms with Gasteiger partial charge in [0.25, 0.3) is 5.91 Å². The molecule has 1 amide bonds. The first-order valence-electron chi connectivity index (χ1n) is 7.86. The van der Waals surface area contributed by atoms with Crippen molar-refractivity contribution < 1.29 is 9.53 Å². The van der Waals surface area contributed by atoms with Gasteiger partial charge in [-0.2, -0.15) is 9.61 Å². The molecule has 3 aromatic rings. The maximum Gasteiger partial charge on any atom is 0.260 e. The zero-order valence-corrected chi connectivity index (χ0v) is 13.3. The van der Waals surface area contributed by atoms with Crippen LogP contribution < -0.4 is 15.8 Å². The predicted octanol–water partition coefficient (Wildman–Crippen LogP) is 2.10. The number of anilines is 2. The molecule has 1 fully saturated rings. The average molecular weight is 336 g/mol. The Kier molecular flexibility index (Phi) is 3.57. The summed E-state index contributed by atoms with van der Waals surface area (Å²) in [6, 6.07) is 6.72. The number of hydrogen-bond acceptors (Lipinski definition) is 6. The zero-order chi connectivity index (χ0) is 17.4. The number of hydrogen-bond donors (Lipinski definition) is 3. The van der Waals surface area contributed by atoms with Crippen LogP contribution in [-0.2, 0) is 0 Å². The highest BCUT2D eigenvalue weighted by Gasteiger charge is 2.26. The topological polar surface area (TPSA) is 118 Å². The molecule has 2 aromatic heterocycles. The van der Waals surface area contributed by atoms with E-state index in [1.807, 2.05) is 0 Å². The molecule has 4 rings (SSSR count). The summed E-state index contributed by atoms with van der Waals surface area (Å²) >= 11 is 0. The number of amides is 1.